The van der Waals surface area contributed by atoms with Crippen molar-refractivity contribution >= 4 is 17.3 Å². The van der Waals surface area contributed by atoms with E-state index in [4.69, 9.17) is 5.73 Å². The Bertz CT molecular complexity index is 773. The van der Waals surface area contributed by atoms with E-state index in [2.05, 4.69) is 9.88 Å². The predicted octanol–water partition coefficient (Wildman–Crippen LogP) is 1.53. The number of carbonyl (C=O) groups excluding carboxylic acids is 1. The summed E-state index contributed by atoms with van der Waals surface area (Å²) in [5.41, 5.74) is 6.89. The van der Waals surface area contributed by atoms with E-state index in [1.165, 1.54) is 23.8 Å². The van der Waals surface area contributed by atoms with Crippen molar-refractivity contribution < 1.29 is 9.72 Å². The number of nitrogens with two attached hydrogens (primary N) is 1. The maximum atomic E-state index is 12.6. The molecule has 1 saturated heterocycles. The topological polar surface area (TPSA) is 106 Å². The molecule has 2 heterocycles. The average Bonchev–Trinajstić information content (AvgIpc) is 2.63. The zero-order valence-corrected chi connectivity index (χ0v) is 13.7. The number of nitro groups is 1. The van der Waals surface area contributed by atoms with Gasteiger partial charge in [0.15, 0.2) is 0 Å². The number of nitrogen functional groups attached to an aromatic ring is 1. The number of rotatable bonds is 4. The minimum atomic E-state index is -0.571. The second-order valence-electron chi connectivity index (χ2n) is 5.95. The molecule has 1 amide bonds. The Hall–Kier alpha value is -3.00. The number of anilines is 1. The van der Waals surface area contributed by atoms with Gasteiger partial charge in [0.1, 0.15) is 5.69 Å². The second-order valence-corrected chi connectivity index (χ2v) is 5.95. The molecule has 0 bridgehead atoms. The number of aromatic nitrogens is 1. The van der Waals surface area contributed by atoms with E-state index in [0.29, 0.717) is 18.7 Å². The predicted molar refractivity (Wildman–Crippen MR) is 92.9 cm³/mol. The summed E-state index contributed by atoms with van der Waals surface area (Å²) in [6.07, 6.45) is 3.53. The third kappa shape index (κ3) is 3.92. The minimum absolute atomic E-state index is 0.0590. The number of hydrogen-bond acceptors (Lipinski definition) is 6. The van der Waals surface area contributed by atoms with Crippen molar-refractivity contribution in [3.8, 4) is 0 Å². The number of nitro benzene ring substituents is 1. The van der Waals surface area contributed by atoms with Crippen LogP contribution >= 0.6 is 0 Å². The van der Waals surface area contributed by atoms with Crippen molar-refractivity contribution in [2.45, 2.75) is 6.54 Å². The van der Waals surface area contributed by atoms with Gasteiger partial charge in [-0.05, 0) is 29.8 Å². The molecule has 0 radical (unpaired) electrons. The Labute approximate surface area is 145 Å². The molecule has 0 spiro atoms. The van der Waals surface area contributed by atoms with E-state index < -0.39 is 4.92 Å². The molecule has 130 valence electrons. The largest absolute Gasteiger partial charge is 0.393 e. The number of benzene rings is 1. The van der Waals surface area contributed by atoms with Crippen LogP contribution in [0.15, 0.2) is 42.7 Å². The summed E-state index contributed by atoms with van der Waals surface area (Å²) < 4.78 is 0. The zero-order valence-electron chi connectivity index (χ0n) is 13.7. The third-order valence-electron chi connectivity index (χ3n) is 4.29. The molecule has 1 aliphatic heterocycles. The SMILES string of the molecule is Nc1ccc(C(=O)N2CCN(Cc3ccncc3)CC2)cc1[N+](=O)[O-]. The lowest BCUT2D eigenvalue weighted by molar-refractivity contribution is -0.383. The summed E-state index contributed by atoms with van der Waals surface area (Å²) in [5, 5.41) is 11.0. The summed E-state index contributed by atoms with van der Waals surface area (Å²) in [7, 11) is 0. The summed E-state index contributed by atoms with van der Waals surface area (Å²) in [5.74, 6) is -0.202. The van der Waals surface area contributed by atoms with Gasteiger partial charge in [0, 0.05) is 56.7 Å². The van der Waals surface area contributed by atoms with Crippen LogP contribution in [0.3, 0.4) is 0 Å². The summed E-state index contributed by atoms with van der Waals surface area (Å²) in [4.78, 5) is 31.0. The van der Waals surface area contributed by atoms with E-state index >= 15 is 0 Å². The monoisotopic (exact) mass is 341 g/mol. The van der Waals surface area contributed by atoms with Gasteiger partial charge in [-0.2, -0.15) is 0 Å². The number of nitrogens with zero attached hydrogens (tertiary/aromatic N) is 4. The van der Waals surface area contributed by atoms with Crippen molar-refractivity contribution in [2.75, 3.05) is 31.9 Å². The minimum Gasteiger partial charge on any atom is -0.393 e. The van der Waals surface area contributed by atoms with Gasteiger partial charge in [-0.3, -0.25) is 24.8 Å². The fourth-order valence-corrected chi connectivity index (χ4v) is 2.87. The Balaban J connectivity index is 1.62. The second kappa shape index (κ2) is 7.27. The highest BCUT2D eigenvalue weighted by atomic mass is 16.6. The van der Waals surface area contributed by atoms with Crippen LogP contribution in [0.5, 0.6) is 0 Å². The number of piperazine rings is 1. The van der Waals surface area contributed by atoms with Gasteiger partial charge in [-0.25, -0.2) is 0 Å². The van der Waals surface area contributed by atoms with E-state index in [1.54, 1.807) is 17.3 Å². The molecule has 1 fully saturated rings. The summed E-state index contributed by atoms with van der Waals surface area (Å²) in [6.45, 7) is 3.50. The van der Waals surface area contributed by atoms with Gasteiger partial charge in [0.2, 0.25) is 0 Å². The van der Waals surface area contributed by atoms with Gasteiger partial charge < -0.3 is 10.6 Å². The molecule has 25 heavy (non-hydrogen) atoms. The van der Waals surface area contributed by atoms with Crippen LogP contribution in [0.25, 0.3) is 0 Å². The first-order valence-electron chi connectivity index (χ1n) is 7.99. The first-order chi connectivity index (χ1) is 12.0. The third-order valence-corrected chi connectivity index (χ3v) is 4.29. The summed E-state index contributed by atoms with van der Waals surface area (Å²) >= 11 is 0. The molecule has 2 aromatic rings. The highest BCUT2D eigenvalue weighted by molar-refractivity contribution is 5.95. The first kappa shape index (κ1) is 16.8. The fourth-order valence-electron chi connectivity index (χ4n) is 2.87. The smallest absolute Gasteiger partial charge is 0.292 e. The molecular weight excluding hydrogens is 322 g/mol. The van der Waals surface area contributed by atoms with E-state index in [9.17, 15) is 14.9 Å². The van der Waals surface area contributed by atoms with Crippen LogP contribution < -0.4 is 5.73 Å². The lowest BCUT2D eigenvalue weighted by Crippen LogP contribution is -2.48. The normalized spacial score (nSPS) is 15.1. The molecule has 1 aromatic heterocycles. The Kier molecular flexibility index (Phi) is 4.90. The van der Waals surface area contributed by atoms with Crippen LogP contribution in [-0.4, -0.2) is 51.8 Å². The number of pyridine rings is 1. The van der Waals surface area contributed by atoms with E-state index in [-0.39, 0.29) is 17.3 Å². The van der Waals surface area contributed by atoms with Gasteiger partial charge in [-0.1, -0.05) is 0 Å². The molecule has 0 unspecified atom stereocenters. The number of amides is 1. The van der Waals surface area contributed by atoms with Crippen LogP contribution in [0.2, 0.25) is 0 Å². The zero-order chi connectivity index (χ0) is 17.8. The molecule has 2 N–H and O–H groups in total. The van der Waals surface area contributed by atoms with E-state index in [0.717, 1.165) is 19.6 Å². The Morgan fingerprint density at radius 2 is 1.84 bits per heavy atom. The van der Waals surface area contributed by atoms with Crippen molar-refractivity contribution in [1.29, 1.82) is 0 Å². The van der Waals surface area contributed by atoms with Crippen molar-refractivity contribution in [3.05, 3.63) is 64.0 Å². The van der Waals surface area contributed by atoms with Gasteiger partial charge in [-0.15, -0.1) is 0 Å². The van der Waals surface area contributed by atoms with Gasteiger partial charge in [0.05, 0.1) is 4.92 Å². The number of carbonyl (C=O) groups is 1. The molecule has 8 nitrogen and oxygen atoms in total. The maximum Gasteiger partial charge on any atom is 0.292 e. The Morgan fingerprint density at radius 1 is 1.16 bits per heavy atom. The molecular formula is C17H19N5O3. The molecule has 0 saturated carbocycles. The van der Waals surface area contributed by atoms with Crippen LogP contribution in [-0.2, 0) is 6.54 Å². The van der Waals surface area contributed by atoms with Crippen molar-refractivity contribution in [2.24, 2.45) is 0 Å². The molecule has 1 aliphatic rings. The van der Waals surface area contributed by atoms with E-state index in [1.807, 2.05) is 12.1 Å². The lowest BCUT2D eigenvalue weighted by Gasteiger charge is -2.34. The highest BCUT2D eigenvalue weighted by Crippen LogP contribution is 2.23. The Morgan fingerprint density at radius 3 is 2.48 bits per heavy atom. The standard InChI is InChI=1S/C17H19N5O3/c18-15-2-1-14(11-16(15)22(24)25)17(23)21-9-7-20(8-10-21)12-13-3-5-19-6-4-13/h1-6,11H,7-10,12,18H2. The van der Waals surface area contributed by atoms with Crippen molar-refractivity contribution in [1.82, 2.24) is 14.8 Å². The first-order valence-corrected chi connectivity index (χ1v) is 7.99. The molecule has 0 aliphatic carbocycles. The van der Waals surface area contributed by atoms with Gasteiger partial charge in [0.25, 0.3) is 11.6 Å². The lowest BCUT2D eigenvalue weighted by atomic mass is 10.1. The molecule has 0 atom stereocenters. The maximum absolute atomic E-state index is 12.6. The fraction of sp³-hybridized carbons (Fsp3) is 0.294. The van der Waals surface area contributed by atoms with Gasteiger partial charge >= 0.3 is 0 Å². The van der Waals surface area contributed by atoms with Crippen LogP contribution in [0.4, 0.5) is 11.4 Å². The highest BCUT2D eigenvalue weighted by Gasteiger charge is 2.24. The quantitative estimate of drug-likeness (QED) is 0.513. The molecule has 1 aromatic carbocycles. The number of hydrogen-bond donors (Lipinski definition) is 1. The average molecular weight is 341 g/mol. The summed E-state index contributed by atoms with van der Waals surface area (Å²) in [6, 6.07) is 8.15. The van der Waals surface area contributed by atoms with Crippen molar-refractivity contribution in [3.63, 3.8) is 0 Å². The van der Waals surface area contributed by atoms with Crippen LogP contribution in [0, 0.1) is 10.1 Å². The molecule has 3 rings (SSSR count). The van der Waals surface area contributed by atoms with Crippen LogP contribution in [0.1, 0.15) is 15.9 Å². The molecule has 8 heteroatoms.